The van der Waals surface area contributed by atoms with Crippen LogP contribution in [0.5, 0.6) is 11.5 Å². The van der Waals surface area contributed by atoms with Crippen LogP contribution in [0.2, 0.25) is 0 Å². The van der Waals surface area contributed by atoms with Crippen molar-refractivity contribution in [1.82, 2.24) is 5.32 Å². The lowest BCUT2D eigenvalue weighted by Gasteiger charge is -2.13. The van der Waals surface area contributed by atoms with Crippen LogP contribution in [-0.4, -0.2) is 24.6 Å². The molecule has 1 amide bonds. The lowest BCUT2D eigenvalue weighted by Crippen LogP contribution is -2.30. The van der Waals surface area contributed by atoms with E-state index >= 15 is 0 Å². The molecule has 5 nitrogen and oxygen atoms in total. The van der Waals surface area contributed by atoms with E-state index in [0.29, 0.717) is 27.5 Å². The number of benzene rings is 2. The van der Waals surface area contributed by atoms with Gasteiger partial charge in [0.2, 0.25) is 0 Å². The Morgan fingerprint density at radius 1 is 1.27 bits per heavy atom. The van der Waals surface area contributed by atoms with Crippen LogP contribution < -0.4 is 20.1 Å². The molecule has 0 aromatic heterocycles. The third-order valence-electron chi connectivity index (χ3n) is 4.32. The molecule has 30 heavy (non-hydrogen) atoms. The Labute approximate surface area is 189 Å². The summed E-state index contributed by atoms with van der Waals surface area (Å²) in [7, 11) is 0. The highest BCUT2D eigenvalue weighted by molar-refractivity contribution is 9.10. The number of aryl methyl sites for hydroxylation is 1. The Bertz CT molecular complexity index is 983. The summed E-state index contributed by atoms with van der Waals surface area (Å²) in [6.07, 6.45) is 8.12. The summed E-state index contributed by atoms with van der Waals surface area (Å²) in [5, 5.41) is 6.28. The molecule has 2 aromatic carbocycles. The number of hydrogen-bond acceptors (Lipinski definition) is 5. The number of halogens is 1. The number of thioether (sulfide) groups is 1. The summed E-state index contributed by atoms with van der Waals surface area (Å²) in [5.74, 6) is 3.45. The zero-order valence-corrected chi connectivity index (χ0v) is 19.2. The van der Waals surface area contributed by atoms with E-state index in [4.69, 9.17) is 15.9 Å². The molecule has 1 aliphatic heterocycles. The monoisotopic (exact) mass is 486 g/mol. The van der Waals surface area contributed by atoms with Crippen molar-refractivity contribution in [2.75, 3.05) is 18.5 Å². The summed E-state index contributed by atoms with van der Waals surface area (Å²) in [5.41, 5.74) is 2.82. The van der Waals surface area contributed by atoms with Gasteiger partial charge in [0.25, 0.3) is 5.91 Å². The predicted octanol–water partition coefficient (Wildman–Crippen LogP) is 5.02. The van der Waals surface area contributed by atoms with E-state index in [9.17, 15) is 4.79 Å². The first kappa shape index (κ1) is 22.1. The predicted molar refractivity (Wildman–Crippen MR) is 127 cm³/mol. The minimum absolute atomic E-state index is 0.121. The second-order valence-electron chi connectivity index (χ2n) is 6.43. The quantitative estimate of drug-likeness (QED) is 0.405. The summed E-state index contributed by atoms with van der Waals surface area (Å²) >= 11 is 4.94. The first-order chi connectivity index (χ1) is 14.5. The molecule has 1 aliphatic rings. The lowest BCUT2D eigenvalue weighted by molar-refractivity contribution is -0.116. The van der Waals surface area contributed by atoms with E-state index in [1.807, 2.05) is 37.3 Å². The van der Waals surface area contributed by atoms with Crippen molar-refractivity contribution in [3.63, 3.8) is 0 Å². The molecular formula is C23H23BrN2O3S. The number of amides is 1. The molecule has 1 saturated heterocycles. The number of carbonyl (C=O) groups excluding carboxylic acids is 1. The van der Waals surface area contributed by atoms with Crippen molar-refractivity contribution >= 4 is 45.4 Å². The van der Waals surface area contributed by atoms with Crippen LogP contribution >= 0.6 is 27.7 Å². The molecule has 0 aliphatic carbocycles. The Morgan fingerprint density at radius 3 is 2.70 bits per heavy atom. The number of nitrogens with one attached hydrogen (secondary N) is 2. The zero-order valence-electron chi connectivity index (χ0n) is 16.8. The highest BCUT2D eigenvalue weighted by Gasteiger charge is 2.27. The van der Waals surface area contributed by atoms with Crippen LogP contribution in [0.3, 0.4) is 0 Å². The molecule has 0 bridgehead atoms. The Kier molecular flexibility index (Phi) is 7.72. The third kappa shape index (κ3) is 5.53. The molecule has 0 spiro atoms. The third-order valence-corrected chi connectivity index (χ3v) is 5.94. The van der Waals surface area contributed by atoms with Crippen molar-refractivity contribution < 1.29 is 14.3 Å². The van der Waals surface area contributed by atoms with Crippen molar-refractivity contribution in [3.8, 4) is 23.8 Å². The second kappa shape index (κ2) is 10.5. The summed E-state index contributed by atoms with van der Waals surface area (Å²) in [4.78, 5) is 13.1. The highest BCUT2D eigenvalue weighted by atomic mass is 79.9. The molecule has 1 heterocycles. The van der Waals surface area contributed by atoms with Gasteiger partial charge in [-0.05, 0) is 70.7 Å². The summed E-state index contributed by atoms with van der Waals surface area (Å²) in [6, 6.07) is 11.9. The van der Waals surface area contributed by atoms with Crippen molar-refractivity contribution in [1.29, 1.82) is 0 Å². The minimum atomic E-state index is -0.232. The molecule has 156 valence electrons. The van der Waals surface area contributed by atoms with Gasteiger partial charge in [-0.25, -0.2) is 0 Å². The number of ether oxygens (including phenoxy) is 2. The maximum Gasteiger partial charge on any atom is 0.260 e. The Hall–Kier alpha value is -2.56. The fraction of sp³-hybridized carbons (Fsp3) is 0.261. The molecule has 1 fully saturated rings. The molecule has 7 heteroatoms. The standard InChI is InChI=1S/C23H23BrN2O3S/c1-4-11-29-21-18(24)12-16(13-19(21)28-6-3)14-20-22(27)26-23(30-20)25-17-9-7-15(5-2)8-10-17/h1,7-10,12-14,23,25H,5-6,11H2,2-3H3,(H,26,27)/b20-14-/t23-/m1/s1. The van der Waals surface area contributed by atoms with Crippen molar-refractivity contribution in [2.24, 2.45) is 0 Å². The van der Waals surface area contributed by atoms with Crippen LogP contribution in [0.1, 0.15) is 25.0 Å². The maximum atomic E-state index is 12.5. The number of anilines is 1. The van der Waals surface area contributed by atoms with Gasteiger partial charge in [0.1, 0.15) is 6.61 Å². The Balaban J connectivity index is 1.77. The fourth-order valence-electron chi connectivity index (χ4n) is 2.89. The maximum absolute atomic E-state index is 12.5. The van der Waals surface area contributed by atoms with E-state index in [-0.39, 0.29) is 18.0 Å². The van der Waals surface area contributed by atoms with Gasteiger partial charge in [0.15, 0.2) is 17.0 Å². The van der Waals surface area contributed by atoms with Gasteiger partial charge in [0.05, 0.1) is 16.0 Å². The molecule has 2 aromatic rings. The van der Waals surface area contributed by atoms with E-state index in [1.54, 1.807) is 0 Å². The van der Waals surface area contributed by atoms with Gasteiger partial charge in [-0.15, -0.1) is 6.42 Å². The lowest BCUT2D eigenvalue weighted by atomic mass is 10.1. The van der Waals surface area contributed by atoms with Crippen LogP contribution in [0, 0.1) is 12.3 Å². The van der Waals surface area contributed by atoms with Crippen LogP contribution in [0.15, 0.2) is 45.8 Å². The Morgan fingerprint density at radius 2 is 2.03 bits per heavy atom. The fourth-order valence-corrected chi connectivity index (χ4v) is 4.45. The normalized spacial score (nSPS) is 16.8. The number of terminal acetylenes is 1. The summed E-state index contributed by atoms with van der Waals surface area (Å²) in [6.45, 7) is 4.64. The number of carbonyl (C=O) groups is 1. The average molecular weight is 487 g/mol. The van der Waals surface area contributed by atoms with Crippen LogP contribution in [0.4, 0.5) is 5.69 Å². The van der Waals surface area contributed by atoms with Gasteiger partial charge >= 0.3 is 0 Å². The zero-order chi connectivity index (χ0) is 21.5. The van der Waals surface area contributed by atoms with Crippen molar-refractivity contribution in [3.05, 3.63) is 56.9 Å². The molecular weight excluding hydrogens is 464 g/mol. The molecule has 0 unspecified atom stereocenters. The molecule has 0 saturated carbocycles. The first-order valence-corrected chi connectivity index (χ1v) is 11.3. The molecule has 0 radical (unpaired) electrons. The van der Waals surface area contributed by atoms with E-state index in [2.05, 4.69) is 51.5 Å². The van der Waals surface area contributed by atoms with Gasteiger partial charge in [0, 0.05) is 5.69 Å². The van der Waals surface area contributed by atoms with Crippen molar-refractivity contribution in [2.45, 2.75) is 25.8 Å². The van der Waals surface area contributed by atoms with Crippen LogP contribution in [-0.2, 0) is 11.2 Å². The van der Waals surface area contributed by atoms with Gasteiger partial charge in [-0.2, -0.15) is 0 Å². The van der Waals surface area contributed by atoms with Crippen LogP contribution in [0.25, 0.3) is 6.08 Å². The highest BCUT2D eigenvalue weighted by Crippen LogP contribution is 2.39. The van der Waals surface area contributed by atoms with E-state index in [1.165, 1.54) is 17.3 Å². The smallest absolute Gasteiger partial charge is 0.260 e. The number of rotatable bonds is 8. The number of hydrogen-bond donors (Lipinski definition) is 2. The van der Waals surface area contributed by atoms with E-state index in [0.717, 1.165) is 17.7 Å². The van der Waals surface area contributed by atoms with Gasteiger partial charge in [-0.1, -0.05) is 36.7 Å². The largest absolute Gasteiger partial charge is 0.490 e. The van der Waals surface area contributed by atoms with Gasteiger partial charge in [-0.3, -0.25) is 4.79 Å². The minimum Gasteiger partial charge on any atom is -0.490 e. The van der Waals surface area contributed by atoms with Gasteiger partial charge < -0.3 is 20.1 Å². The molecule has 3 rings (SSSR count). The molecule has 1 atom stereocenters. The summed E-state index contributed by atoms with van der Waals surface area (Å²) < 4.78 is 12.0. The molecule has 2 N–H and O–H groups in total. The topological polar surface area (TPSA) is 59.6 Å². The van der Waals surface area contributed by atoms with E-state index < -0.39 is 0 Å². The first-order valence-electron chi connectivity index (χ1n) is 9.61. The average Bonchev–Trinajstić information content (AvgIpc) is 3.07. The second-order valence-corrected chi connectivity index (χ2v) is 8.43. The SMILES string of the molecule is C#CCOc1c(Br)cc(/C=C2\S[C@H](Nc3ccc(CC)cc3)NC2=O)cc1OCC.